The van der Waals surface area contributed by atoms with Gasteiger partial charge in [-0.2, -0.15) is 8.78 Å². The fraction of sp³-hybridized carbons (Fsp3) is 0.182. The zero-order chi connectivity index (χ0) is 22.0. The van der Waals surface area contributed by atoms with Crippen molar-refractivity contribution in [3.63, 3.8) is 0 Å². The van der Waals surface area contributed by atoms with E-state index in [4.69, 9.17) is 0 Å². The van der Waals surface area contributed by atoms with Gasteiger partial charge in [0.1, 0.15) is 18.2 Å². The minimum atomic E-state index is -2.36. The molecule has 0 aliphatic rings. The lowest BCUT2D eigenvalue weighted by atomic mass is 10.0. The summed E-state index contributed by atoms with van der Waals surface area (Å²) in [5.74, 6) is -15.0. The molecule has 0 saturated heterocycles. The lowest BCUT2D eigenvalue weighted by Gasteiger charge is -2.12. The molecule has 0 amide bonds. The van der Waals surface area contributed by atoms with Crippen LogP contribution in [-0.2, 0) is 13.0 Å². The van der Waals surface area contributed by atoms with Crippen LogP contribution in [0.1, 0.15) is 24.5 Å². The Morgan fingerprint density at radius 3 is 1.67 bits per heavy atom. The number of hydrogen-bond acceptors (Lipinski definition) is 1. The van der Waals surface area contributed by atoms with Crippen LogP contribution in [0.25, 0.3) is 11.1 Å². The van der Waals surface area contributed by atoms with Crippen LogP contribution in [0.3, 0.4) is 0 Å². The molecule has 8 heteroatoms. The predicted octanol–water partition coefficient (Wildman–Crippen LogP) is 6.86. The van der Waals surface area contributed by atoms with Gasteiger partial charge in [-0.05, 0) is 35.2 Å². The van der Waals surface area contributed by atoms with Crippen molar-refractivity contribution in [2.75, 3.05) is 0 Å². The summed E-state index contributed by atoms with van der Waals surface area (Å²) in [6.45, 7) is 0.942. The van der Waals surface area contributed by atoms with Gasteiger partial charge in [0.2, 0.25) is 29.1 Å². The van der Waals surface area contributed by atoms with Gasteiger partial charge in [-0.1, -0.05) is 37.6 Å². The van der Waals surface area contributed by atoms with Gasteiger partial charge in [0, 0.05) is 0 Å². The lowest BCUT2D eigenvalue weighted by Crippen LogP contribution is -2.09. The molecule has 0 saturated carbocycles. The van der Waals surface area contributed by atoms with Crippen LogP contribution >= 0.6 is 0 Å². The maximum atomic E-state index is 14.4. The molecule has 0 N–H and O–H groups in total. The minimum Gasteiger partial charge on any atom is -0.482 e. The normalized spacial score (nSPS) is 11.1. The highest BCUT2D eigenvalue weighted by Gasteiger charge is 2.27. The summed E-state index contributed by atoms with van der Waals surface area (Å²) < 4.78 is 100. The minimum absolute atomic E-state index is 0.216. The third-order valence-corrected chi connectivity index (χ3v) is 4.50. The summed E-state index contributed by atoms with van der Waals surface area (Å²) in [7, 11) is 0. The zero-order valence-electron chi connectivity index (χ0n) is 15.6. The molecular weight excluding hydrogens is 413 g/mol. The van der Waals surface area contributed by atoms with E-state index in [-0.39, 0.29) is 5.56 Å². The molecular formula is C22H15F7O. The monoisotopic (exact) mass is 428 g/mol. The Morgan fingerprint density at radius 1 is 0.667 bits per heavy atom. The Morgan fingerprint density at radius 2 is 1.17 bits per heavy atom. The molecule has 0 bridgehead atoms. The van der Waals surface area contributed by atoms with Crippen molar-refractivity contribution < 1.29 is 35.5 Å². The molecule has 0 heterocycles. The number of hydrogen-bond donors (Lipinski definition) is 0. The largest absolute Gasteiger partial charge is 0.482 e. The molecule has 3 aromatic rings. The molecule has 158 valence electrons. The van der Waals surface area contributed by atoms with E-state index in [9.17, 15) is 30.7 Å². The molecule has 0 radical (unpaired) electrons. The fourth-order valence-electron chi connectivity index (χ4n) is 2.92. The number of aryl methyl sites for hydroxylation is 1. The highest BCUT2D eigenvalue weighted by Crippen LogP contribution is 2.31. The zero-order valence-corrected chi connectivity index (χ0v) is 15.6. The van der Waals surface area contributed by atoms with Crippen molar-refractivity contribution in [2.45, 2.75) is 26.4 Å². The molecule has 0 spiro atoms. The Balaban J connectivity index is 1.87. The standard InChI is InChI=1S/C22H15F7O/c1-2-3-11-4-6-12(7-5-11)13-8-15(23)14(16(24)9-13)10-30-22-20(28)18(26)17(25)19(27)21(22)29/h4-9H,2-3,10H2,1H3. The van der Waals surface area contributed by atoms with Crippen LogP contribution in [0.5, 0.6) is 5.75 Å². The van der Waals surface area contributed by atoms with E-state index in [0.717, 1.165) is 30.5 Å². The Hall–Kier alpha value is -3.03. The van der Waals surface area contributed by atoms with Gasteiger partial charge in [0.15, 0.2) is 5.75 Å². The summed E-state index contributed by atoms with van der Waals surface area (Å²) in [4.78, 5) is 0. The van der Waals surface area contributed by atoms with Crippen molar-refractivity contribution >= 4 is 0 Å². The van der Waals surface area contributed by atoms with E-state index in [2.05, 4.69) is 4.74 Å². The molecule has 0 unspecified atom stereocenters. The molecule has 1 nitrogen and oxygen atoms in total. The van der Waals surface area contributed by atoms with E-state index in [0.29, 0.717) is 5.56 Å². The van der Waals surface area contributed by atoms with Crippen LogP contribution < -0.4 is 4.74 Å². The lowest BCUT2D eigenvalue weighted by molar-refractivity contribution is 0.246. The van der Waals surface area contributed by atoms with Gasteiger partial charge in [-0.25, -0.2) is 22.0 Å². The maximum absolute atomic E-state index is 14.4. The second-order valence-corrected chi connectivity index (χ2v) is 6.55. The highest BCUT2D eigenvalue weighted by atomic mass is 19.2. The molecule has 0 atom stereocenters. The maximum Gasteiger partial charge on any atom is 0.207 e. The quantitative estimate of drug-likeness (QED) is 0.237. The van der Waals surface area contributed by atoms with Crippen molar-refractivity contribution in [2.24, 2.45) is 0 Å². The first kappa shape index (κ1) is 21.7. The van der Waals surface area contributed by atoms with Gasteiger partial charge >= 0.3 is 0 Å². The van der Waals surface area contributed by atoms with Crippen molar-refractivity contribution in [1.82, 2.24) is 0 Å². The van der Waals surface area contributed by atoms with E-state index < -0.39 is 58.6 Å². The SMILES string of the molecule is CCCc1ccc(-c2cc(F)c(COc3c(F)c(F)c(F)c(F)c3F)c(F)c2)cc1. The first-order chi connectivity index (χ1) is 14.2. The molecule has 30 heavy (non-hydrogen) atoms. The van der Waals surface area contributed by atoms with Crippen molar-refractivity contribution in [3.05, 3.63) is 88.2 Å². The summed E-state index contributed by atoms with van der Waals surface area (Å²) in [5.41, 5.74) is 1.10. The number of rotatable bonds is 6. The number of halogens is 7. The molecule has 0 aromatic heterocycles. The van der Waals surface area contributed by atoms with E-state index in [1.807, 2.05) is 19.1 Å². The molecule has 3 rings (SSSR count). The van der Waals surface area contributed by atoms with Gasteiger partial charge < -0.3 is 4.74 Å². The second kappa shape index (κ2) is 8.77. The predicted molar refractivity (Wildman–Crippen MR) is 96.4 cm³/mol. The van der Waals surface area contributed by atoms with E-state index in [1.165, 1.54) is 0 Å². The van der Waals surface area contributed by atoms with E-state index >= 15 is 0 Å². The summed E-state index contributed by atoms with van der Waals surface area (Å²) in [6.07, 6.45) is 1.80. The van der Waals surface area contributed by atoms with Gasteiger partial charge in [0.25, 0.3) is 0 Å². The number of ether oxygens (including phenoxy) is 1. The topological polar surface area (TPSA) is 9.23 Å². The second-order valence-electron chi connectivity index (χ2n) is 6.55. The third kappa shape index (κ3) is 4.13. The highest BCUT2D eigenvalue weighted by molar-refractivity contribution is 5.64. The van der Waals surface area contributed by atoms with E-state index in [1.54, 1.807) is 12.1 Å². The van der Waals surface area contributed by atoms with Crippen LogP contribution in [0, 0.1) is 40.7 Å². The van der Waals surface area contributed by atoms with Gasteiger partial charge in [0.05, 0.1) is 5.56 Å². The Kier molecular flexibility index (Phi) is 6.34. The molecule has 0 aliphatic heterocycles. The smallest absolute Gasteiger partial charge is 0.207 e. The summed E-state index contributed by atoms with van der Waals surface area (Å²) in [5, 5.41) is 0. The Labute approximate surface area is 167 Å². The molecule has 3 aromatic carbocycles. The van der Waals surface area contributed by atoms with Crippen LogP contribution in [0.15, 0.2) is 36.4 Å². The van der Waals surface area contributed by atoms with Crippen molar-refractivity contribution in [3.8, 4) is 16.9 Å². The summed E-state index contributed by atoms with van der Waals surface area (Å²) in [6, 6.07) is 9.04. The first-order valence-corrected chi connectivity index (χ1v) is 8.96. The third-order valence-electron chi connectivity index (χ3n) is 4.50. The number of benzene rings is 3. The average Bonchev–Trinajstić information content (AvgIpc) is 2.73. The molecule has 0 aliphatic carbocycles. The fourth-order valence-corrected chi connectivity index (χ4v) is 2.92. The van der Waals surface area contributed by atoms with Crippen molar-refractivity contribution in [1.29, 1.82) is 0 Å². The van der Waals surface area contributed by atoms with Gasteiger partial charge in [-0.15, -0.1) is 0 Å². The van der Waals surface area contributed by atoms with Crippen LogP contribution in [-0.4, -0.2) is 0 Å². The van der Waals surface area contributed by atoms with Crippen LogP contribution in [0.4, 0.5) is 30.7 Å². The van der Waals surface area contributed by atoms with Crippen LogP contribution in [0.2, 0.25) is 0 Å². The summed E-state index contributed by atoms with van der Waals surface area (Å²) >= 11 is 0. The van der Waals surface area contributed by atoms with Gasteiger partial charge in [-0.3, -0.25) is 0 Å². The average molecular weight is 428 g/mol. The first-order valence-electron chi connectivity index (χ1n) is 8.96. The molecule has 0 fully saturated rings. The Bertz CT molecular complexity index is 1030.